The fraction of sp³-hybridized carbons (Fsp3) is 0.350. The lowest BCUT2D eigenvalue weighted by Crippen LogP contribution is -2.49. The van der Waals surface area contributed by atoms with Crippen molar-refractivity contribution in [1.29, 1.82) is 0 Å². The van der Waals surface area contributed by atoms with Gasteiger partial charge in [0.2, 0.25) is 6.79 Å². The molecule has 0 aromatic heterocycles. The summed E-state index contributed by atoms with van der Waals surface area (Å²) in [4.78, 5) is 4.47. The number of nitrogens with zero attached hydrogens (tertiary/aromatic N) is 2. The van der Waals surface area contributed by atoms with E-state index in [2.05, 4.69) is 25.9 Å². The van der Waals surface area contributed by atoms with Crippen LogP contribution >= 0.6 is 12.2 Å². The summed E-state index contributed by atoms with van der Waals surface area (Å²) in [7, 11) is 0. The topological polar surface area (TPSA) is 46.2 Å². The van der Waals surface area contributed by atoms with Crippen molar-refractivity contribution in [1.82, 2.24) is 9.80 Å². The number of rotatable bonds is 5. The Bertz CT molecular complexity index is 859. The van der Waals surface area contributed by atoms with Gasteiger partial charge in [-0.15, -0.1) is 0 Å². The van der Waals surface area contributed by atoms with Crippen LogP contribution in [-0.4, -0.2) is 54.5 Å². The lowest BCUT2D eigenvalue weighted by Gasteiger charge is -2.36. The number of alkyl halides is 2. The molecule has 4 rings (SSSR count). The molecule has 1 saturated heterocycles. The number of halogens is 2. The molecule has 0 unspecified atom stereocenters. The first kappa shape index (κ1) is 19.7. The predicted octanol–water partition coefficient (Wildman–Crippen LogP) is 3.53. The zero-order valence-corrected chi connectivity index (χ0v) is 16.5. The molecule has 2 aliphatic rings. The fourth-order valence-electron chi connectivity index (χ4n) is 3.33. The van der Waals surface area contributed by atoms with Gasteiger partial charge in [0.05, 0.1) is 0 Å². The molecule has 2 aromatic carbocycles. The van der Waals surface area contributed by atoms with Crippen LogP contribution in [0.3, 0.4) is 0 Å². The molecule has 0 aliphatic carbocycles. The molecular weight excluding hydrogens is 400 g/mol. The fourth-order valence-corrected chi connectivity index (χ4v) is 3.63. The Morgan fingerprint density at radius 1 is 1.03 bits per heavy atom. The number of piperazine rings is 1. The van der Waals surface area contributed by atoms with Gasteiger partial charge in [-0.1, -0.05) is 6.07 Å². The maximum atomic E-state index is 12.2. The zero-order chi connectivity index (χ0) is 20.2. The second-order valence-electron chi connectivity index (χ2n) is 6.78. The molecule has 0 saturated carbocycles. The molecule has 1 fully saturated rings. The smallest absolute Gasteiger partial charge is 0.387 e. The highest BCUT2D eigenvalue weighted by molar-refractivity contribution is 7.80. The standard InChI is InChI=1S/C20H21F2N3O3S/c21-19(22)28-16-4-2-15(3-5-16)23-20(29)25-9-7-24(8-10-25)12-14-1-6-17-18(11-14)27-13-26-17/h1-6,11,19H,7-10,12-13H2,(H,23,29). The molecule has 0 radical (unpaired) electrons. The van der Waals surface area contributed by atoms with Gasteiger partial charge in [-0.25, -0.2) is 0 Å². The minimum absolute atomic E-state index is 0.119. The van der Waals surface area contributed by atoms with E-state index in [-0.39, 0.29) is 12.5 Å². The highest BCUT2D eigenvalue weighted by Crippen LogP contribution is 2.32. The van der Waals surface area contributed by atoms with E-state index in [9.17, 15) is 8.78 Å². The summed E-state index contributed by atoms with van der Waals surface area (Å²) in [5, 5.41) is 3.77. The average Bonchev–Trinajstić information content (AvgIpc) is 3.17. The third-order valence-corrected chi connectivity index (χ3v) is 5.19. The van der Waals surface area contributed by atoms with Crippen LogP contribution in [0.2, 0.25) is 0 Å². The maximum absolute atomic E-state index is 12.2. The number of hydrogen-bond acceptors (Lipinski definition) is 5. The Morgan fingerprint density at radius 2 is 1.76 bits per heavy atom. The second kappa shape index (κ2) is 8.79. The molecule has 154 valence electrons. The molecule has 0 spiro atoms. The number of thiocarbonyl (C=S) groups is 1. The van der Waals surface area contributed by atoms with Crippen LogP contribution in [0.1, 0.15) is 5.56 Å². The molecule has 1 N–H and O–H groups in total. The molecule has 0 bridgehead atoms. The van der Waals surface area contributed by atoms with E-state index in [1.165, 1.54) is 17.7 Å². The molecule has 2 aliphatic heterocycles. The van der Waals surface area contributed by atoms with Crippen LogP contribution in [0.25, 0.3) is 0 Å². The molecule has 2 aromatic rings. The van der Waals surface area contributed by atoms with Gasteiger partial charge in [0.25, 0.3) is 0 Å². The first-order valence-electron chi connectivity index (χ1n) is 9.28. The van der Waals surface area contributed by atoms with E-state index in [1.54, 1.807) is 12.1 Å². The number of hydrogen-bond donors (Lipinski definition) is 1. The SMILES string of the molecule is FC(F)Oc1ccc(NC(=S)N2CCN(Cc3ccc4c(c3)OCO4)CC2)cc1. The Balaban J connectivity index is 1.25. The van der Waals surface area contributed by atoms with Crippen LogP contribution in [0.4, 0.5) is 14.5 Å². The Morgan fingerprint density at radius 3 is 2.48 bits per heavy atom. The van der Waals surface area contributed by atoms with Crippen molar-refractivity contribution in [3.8, 4) is 17.2 Å². The van der Waals surface area contributed by atoms with Crippen molar-refractivity contribution in [2.45, 2.75) is 13.2 Å². The van der Waals surface area contributed by atoms with Gasteiger partial charge in [-0.05, 0) is 54.2 Å². The second-order valence-corrected chi connectivity index (χ2v) is 7.17. The third kappa shape index (κ3) is 5.04. The van der Waals surface area contributed by atoms with Crippen LogP contribution in [0.5, 0.6) is 17.2 Å². The summed E-state index contributed by atoms with van der Waals surface area (Å²) in [6, 6.07) is 12.3. The van der Waals surface area contributed by atoms with E-state index in [0.29, 0.717) is 5.11 Å². The molecular formula is C20H21F2N3O3S. The van der Waals surface area contributed by atoms with Gasteiger partial charge in [0.1, 0.15) is 5.75 Å². The molecule has 6 nitrogen and oxygen atoms in total. The van der Waals surface area contributed by atoms with Crippen molar-refractivity contribution in [2.24, 2.45) is 0 Å². The first-order valence-corrected chi connectivity index (χ1v) is 9.69. The van der Waals surface area contributed by atoms with E-state index in [1.807, 2.05) is 12.1 Å². The summed E-state index contributed by atoms with van der Waals surface area (Å²) in [6.45, 7) is 1.69. The van der Waals surface area contributed by atoms with Crippen molar-refractivity contribution in [3.05, 3.63) is 48.0 Å². The summed E-state index contributed by atoms with van der Waals surface area (Å²) in [5.41, 5.74) is 1.92. The van der Waals surface area contributed by atoms with Crippen molar-refractivity contribution < 1.29 is 23.0 Å². The van der Waals surface area contributed by atoms with E-state index in [0.717, 1.165) is 49.9 Å². The number of benzene rings is 2. The molecule has 29 heavy (non-hydrogen) atoms. The molecule has 0 atom stereocenters. The summed E-state index contributed by atoms with van der Waals surface area (Å²) in [6.07, 6.45) is 0. The highest BCUT2D eigenvalue weighted by Gasteiger charge is 2.20. The molecule has 9 heteroatoms. The lowest BCUT2D eigenvalue weighted by molar-refractivity contribution is -0.0498. The van der Waals surface area contributed by atoms with Crippen LogP contribution in [0, 0.1) is 0 Å². The first-order chi connectivity index (χ1) is 14.1. The maximum Gasteiger partial charge on any atom is 0.387 e. The molecule has 0 amide bonds. The Labute approximate surface area is 172 Å². The largest absolute Gasteiger partial charge is 0.454 e. The lowest BCUT2D eigenvalue weighted by atomic mass is 10.1. The number of ether oxygens (including phenoxy) is 3. The van der Waals surface area contributed by atoms with E-state index in [4.69, 9.17) is 21.7 Å². The van der Waals surface area contributed by atoms with Crippen molar-refractivity contribution in [3.63, 3.8) is 0 Å². The number of anilines is 1. The van der Waals surface area contributed by atoms with Gasteiger partial charge < -0.3 is 24.4 Å². The van der Waals surface area contributed by atoms with Gasteiger partial charge >= 0.3 is 6.61 Å². The third-order valence-electron chi connectivity index (χ3n) is 4.83. The molecule has 2 heterocycles. The van der Waals surface area contributed by atoms with Gasteiger partial charge in [-0.3, -0.25) is 4.90 Å². The van der Waals surface area contributed by atoms with Gasteiger partial charge in [-0.2, -0.15) is 8.78 Å². The van der Waals surface area contributed by atoms with E-state index < -0.39 is 6.61 Å². The minimum Gasteiger partial charge on any atom is -0.454 e. The predicted molar refractivity (Wildman–Crippen MR) is 109 cm³/mol. The summed E-state index contributed by atoms with van der Waals surface area (Å²) < 4.78 is 39.6. The quantitative estimate of drug-likeness (QED) is 0.741. The average molecular weight is 421 g/mol. The van der Waals surface area contributed by atoms with Crippen molar-refractivity contribution >= 4 is 23.0 Å². The van der Waals surface area contributed by atoms with E-state index >= 15 is 0 Å². The summed E-state index contributed by atoms with van der Waals surface area (Å²) >= 11 is 5.50. The number of fused-ring (bicyclic) bond motifs is 1. The number of nitrogens with one attached hydrogen (secondary N) is 1. The van der Waals surface area contributed by atoms with Crippen LogP contribution in [0.15, 0.2) is 42.5 Å². The van der Waals surface area contributed by atoms with Crippen LogP contribution < -0.4 is 19.5 Å². The zero-order valence-electron chi connectivity index (χ0n) is 15.6. The monoisotopic (exact) mass is 421 g/mol. The van der Waals surface area contributed by atoms with Crippen LogP contribution in [-0.2, 0) is 6.54 Å². The minimum atomic E-state index is -2.83. The highest BCUT2D eigenvalue weighted by atomic mass is 32.1. The normalized spacial score (nSPS) is 16.2. The van der Waals surface area contributed by atoms with Gasteiger partial charge in [0, 0.05) is 38.4 Å². The Hall–Kier alpha value is -2.65. The Kier molecular flexibility index (Phi) is 5.96. The van der Waals surface area contributed by atoms with Crippen molar-refractivity contribution in [2.75, 3.05) is 38.3 Å². The summed E-state index contributed by atoms with van der Waals surface area (Å²) in [5.74, 6) is 1.72. The van der Waals surface area contributed by atoms with Gasteiger partial charge in [0.15, 0.2) is 16.6 Å².